The van der Waals surface area contributed by atoms with Gasteiger partial charge >= 0.3 is 5.97 Å². The van der Waals surface area contributed by atoms with Crippen LogP contribution in [0.2, 0.25) is 0 Å². The Hall–Kier alpha value is -1.79. The van der Waals surface area contributed by atoms with Gasteiger partial charge in [-0.25, -0.2) is 0 Å². The SMILES string of the molecule is COc1cccc(CNC(=O)C(C)N2CCC(C(=O)O)C2)c1.Cl. The van der Waals surface area contributed by atoms with Crippen molar-refractivity contribution in [2.45, 2.75) is 25.9 Å². The van der Waals surface area contributed by atoms with E-state index in [1.54, 1.807) is 7.11 Å². The molecule has 0 saturated carbocycles. The van der Waals surface area contributed by atoms with Crippen molar-refractivity contribution >= 4 is 24.3 Å². The molecule has 6 nitrogen and oxygen atoms in total. The third kappa shape index (κ3) is 5.11. The van der Waals surface area contributed by atoms with Crippen LogP contribution in [0.3, 0.4) is 0 Å². The second kappa shape index (κ2) is 8.74. The number of amides is 1. The van der Waals surface area contributed by atoms with Gasteiger partial charge < -0.3 is 15.2 Å². The maximum absolute atomic E-state index is 12.2. The molecule has 1 saturated heterocycles. The molecule has 1 heterocycles. The summed E-state index contributed by atoms with van der Waals surface area (Å²) in [4.78, 5) is 25.1. The van der Waals surface area contributed by atoms with Crippen LogP contribution >= 0.6 is 12.4 Å². The molecule has 2 atom stereocenters. The van der Waals surface area contributed by atoms with Gasteiger partial charge in [0.05, 0.1) is 19.1 Å². The Kier molecular flexibility index (Phi) is 7.32. The first kappa shape index (κ1) is 19.3. The fourth-order valence-electron chi connectivity index (χ4n) is 2.63. The number of hydrogen-bond donors (Lipinski definition) is 2. The van der Waals surface area contributed by atoms with E-state index in [0.717, 1.165) is 11.3 Å². The lowest BCUT2D eigenvalue weighted by molar-refractivity contribution is -0.141. The topological polar surface area (TPSA) is 78.9 Å². The summed E-state index contributed by atoms with van der Waals surface area (Å²) in [6, 6.07) is 7.20. The second-order valence-corrected chi connectivity index (χ2v) is 5.56. The molecule has 0 aromatic heterocycles. The predicted octanol–water partition coefficient (Wildman–Crippen LogP) is 1.53. The molecule has 0 radical (unpaired) electrons. The summed E-state index contributed by atoms with van der Waals surface area (Å²) < 4.78 is 5.15. The summed E-state index contributed by atoms with van der Waals surface area (Å²) in [7, 11) is 1.60. The number of carboxylic acid groups (broad SMARTS) is 1. The zero-order valence-corrected chi connectivity index (χ0v) is 14.1. The lowest BCUT2D eigenvalue weighted by Gasteiger charge is -2.23. The molecule has 1 aliphatic rings. The Morgan fingerprint density at radius 2 is 2.22 bits per heavy atom. The Bertz CT molecular complexity index is 553. The maximum Gasteiger partial charge on any atom is 0.307 e. The van der Waals surface area contributed by atoms with Gasteiger partial charge in [0.2, 0.25) is 5.91 Å². The highest BCUT2D eigenvalue weighted by atomic mass is 35.5. The summed E-state index contributed by atoms with van der Waals surface area (Å²) in [5.74, 6) is -0.488. The van der Waals surface area contributed by atoms with Gasteiger partial charge in [0.25, 0.3) is 0 Å². The minimum Gasteiger partial charge on any atom is -0.497 e. The Morgan fingerprint density at radius 1 is 1.48 bits per heavy atom. The van der Waals surface area contributed by atoms with Crippen LogP contribution in [0.15, 0.2) is 24.3 Å². The van der Waals surface area contributed by atoms with Gasteiger partial charge in [-0.1, -0.05) is 12.1 Å². The lowest BCUT2D eigenvalue weighted by atomic mass is 10.1. The van der Waals surface area contributed by atoms with Crippen LogP contribution in [-0.2, 0) is 16.1 Å². The van der Waals surface area contributed by atoms with Gasteiger partial charge in [0.1, 0.15) is 5.75 Å². The number of nitrogens with one attached hydrogen (secondary N) is 1. The molecular formula is C16H23ClN2O4. The van der Waals surface area contributed by atoms with E-state index in [-0.39, 0.29) is 30.3 Å². The van der Waals surface area contributed by atoms with Gasteiger partial charge in [0, 0.05) is 13.1 Å². The fraction of sp³-hybridized carbons (Fsp3) is 0.500. The molecule has 1 amide bonds. The van der Waals surface area contributed by atoms with E-state index in [0.29, 0.717) is 26.1 Å². The Morgan fingerprint density at radius 3 is 2.83 bits per heavy atom. The van der Waals surface area contributed by atoms with Crippen LogP contribution in [0.4, 0.5) is 0 Å². The normalized spacial score (nSPS) is 18.8. The quantitative estimate of drug-likeness (QED) is 0.819. The minimum absolute atomic E-state index is 0. The first-order valence-corrected chi connectivity index (χ1v) is 7.38. The number of rotatable bonds is 6. The van der Waals surface area contributed by atoms with Crippen molar-refractivity contribution in [1.82, 2.24) is 10.2 Å². The van der Waals surface area contributed by atoms with Crippen LogP contribution < -0.4 is 10.1 Å². The van der Waals surface area contributed by atoms with Crippen molar-refractivity contribution in [3.8, 4) is 5.75 Å². The zero-order chi connectivity index (χ0) is 16.1. The molecule has 1 fully saturated rings. The molecule has 2 N–H and O–H groups in total. The van der Waals surface area contributed by atoms with Crippen LogP contribution in [0, 0.1) is 5.92 Å². The number of ether oxygens (including phenoxy) is 1. The molecule has 23 heavy (non-hydrogen) atoms. The molecule has 2 unspecified atom stereocenters. The highest BCUT2D eigenvalue weighted by Crippen LogP contribution is 2.19. The number of halogens is 1. The molecular weight excluding hydrogens is 320 g/mol. The van der Waals surface area contributed by atoms with Crippen molar-refractivity contribution in [2.24, 2.45) is 5.92 Å². The molecule has 0 spiro atoms. The van der Waals surface area contributed by atoms with Gasteiger partial charge in [-0.2, -0.15) is 0 Å². The van der Waals surface area contributed by atoms with E-state index >= 15 is 0 Å². The summed E-state index contributed by atoms with van der Waals surface area (Å²) in [6.45, 7) is 3.31. The van der Waals surface area contributed by atoms with Crippen molar-refractivity contribution in [3.05, 3.63) is 29.8 Å². The summed E-state index contributed by atoms with van der Waals surface area (Å²) in [5, 5.41) is 11.9. The van der Waals surface area contributed by atoms with E-state index in [9.17, 15) is 9.59 Å². The predicted molar refractivity (Wildman–Crippen MR) is 88.9 cm³/mol. The second-order valence-electron chi connectivity index (χ2n) is 5.56. The van der Waals surface area contributed by atoms with Crippen LogP contribution in [0.25, 0.3) is 0 Å². The molecule has 7 heteroatoms. The average Bonchev–Trinajstić information content (AvgIpc) is 3.02. The highest BCUT2D eigenvalue weighted by Gasteiger charge is 2.32. The van der Waals surface area contributed by atoms with E-state index in [2.05, 4.69) is 5.32 Å². The van der Waals surface area contributed by atoms with Crippen LogP contribution in [0.5, 0.6) is 5.75 Å². The molecule has 2 rings (SSSR count). The lowest BCUT2D eigenvalue weighted by Crippen LogP contribution is -2.44. The number of benzene rings is 1. The molecule has 0 aliphatic carbocycles. The van der Waals surface area contributed by atoms with Crippen LogP contribution in [-0.4, -0.2) is 48.1 Å². The van der Waals surface area contributed by atoms with Gasteiger partial charge in [-0.15, -0.1) is 12.4 Å². The smallest absolute Gasteiger partial charge is 0.307 e. The van der Waals surface area contributed by atoms with Crippen molar-refractivity contribution in [3.63, 3.8) is 0 Å². The molecule has 1 aliphatic heterocycles. The third-order valence-electron chi connectivity index (χ3n) is 4.10. The number of carboxylic acids is 1. The summed E-state index contributed by atoms with van der Waals surface area (Å²) in [6.07, 6.45) is 0.600. The van der Waals surface area contributed by atoms with Crippen molar-refractivity contribution in [2.75, 3.05) is 20.2 Å². The fourth-order valence-corrected chi connectivity index (χ4v) is 2.63. The van der Waals surface area contributed by atoms with E-state index < -0.39 is 5.97 Å². The number of methoxy groups -OCH3 is 1. The van der Waals surface area contributed by atoms with Crippen molar-refractivity contribution in [1.29, 1.82) is 0 Å². The van der Waals surface area contributed by atoms with E-state index in [1.165, 1.54) is 0 Å². The molecule has 128 valence electrons. The first-order valence-electron chi connectivity index (χ1n) is 7.38. The number of carbonyl (C=O) groups is 2. The maximum atomic E-state index is 12.2. The van der Waals surface area contributed by atoms with Gasteiger partial charge in [-0.05, 0) is 37.6 Å². The van der Waals surface area contributed by atoms with E-state index in [4.69, 9.17) is 9.84 Å². The minimum atomic E-state index is -0.786. The number of carbonyl (C=O) groups excluding carboxylic acids is 1. The monoisotopic (exact) mass is 342 g/mol. The van der Waals surface area contributed by atoms with Crippen LogP contribution in [0.1, 0.15) is 18.9 Å². The number of nitrogens with zero attached hydrogens (tertiary/aromatic N) is 1. The van der Waals surface area contributed by atoms with Gasteiger partial charge in [0.15, 0.2) is 0 Å². The molecule has 1 aromatic rings. The van der Waals surface area contributed by atoms with Gasteiger partial charge in [-0.3, -0.25) is 14.5 Å². The summed E-state index contributed by atoms with van der Waals surface area (Å²) >= 11 is 0. The van der Waals surface area contributed by atoms with E-state index in [1.807, 2.05) is 36.1 Å². The largest absolute Gasteiger partial charge is 0.497 e. The number of likely N-dealkylation sites (tertiary alicyclic amines) is 1. The highest BCUT2D eigenvalue weighted by molar-refractivity contribution is 5.85. The first-order chi connectivity index (χ1) is 10.5. The molecule has 0 bridgehead atoms. The Balaban J connectivity index is 0.00000264. The number of hydrogen-bond acceptors (Lipinski definition) is 4. The Labute approximate surface area is 142 Å². The zero-order valence-electron chi connectivity index (χ0n) is 13.3. The van der Waals surface area contributed by atoms with Crippen molar-refractivity contribution < 1.29 is 19.4 Å². The third-order valence-corrected chi connectivity index (χ3v) is 4.10. The molecule has 1 aromatic carbocycles. The standard InChI is InChI=1S/C16H22N2O4.ClH/c1-11(18-7-6-13(10-18)16(20)21)15(19)17-9-12-4-3-5-14(8-12)22-2;/h3-5,8,11,13H,6-7,9-10H2,1-2H3,(H,17,19)(H,20,21);1H. The average molecular weight is 343 g/mol. The summed E-state index contributed by atoms with van der Waals surface area (Å²) in [5.41, 5.74) is 0.963. The number of aliphatic carboxylic acids is 1.